The van der Waals surface area contributed by atoms with Gasteiger partial charge in [-0.2, -0.15) is 0 Å². The van der Waals surface area contributed by atoms with Crippen molar-refractivity contribution < 1.29 is 4.79 Å². The topological polar surface area (TPSA) is 46.3 Å². The first-order valence-corrected chi connectivity index (χ1v) is 7.26. The van der Waals surface area contributed by atoms with Crippen molar-refractivity contribution in [2.24, 2.45) is 11.7 Å². The van der Waals surface area contributed by atoms with E-state index in [1.165, 1.54) is 0 Å². The molecule has 1 fully saturated rings. The number of nitrogens with two attached hydrogens (primary N) is 1. The van der Waals surface area contributed by atoms with Crippen LogP contribution in [0.1, 0.15) is 12.8 Å². The van der Waals surface area contributed by atoms with Gasteiger partial charge in [0.15, 0.2) is 0 Å². The molecule has 3 nitrogen and oxygen atoms in total. The largest absolute Gasteiger partial charge is 0.369 e. The van der Waals surface area contributed by atoms with Crippen LogP contribution in [0.3, 0.4) is 0 Å². The Balaban J connectivity index is 1.93. The first-order valence-electron chi connectivity index (χ1n) is 5.73. The highest BCUT2D eigenvalue weighted by atomic mass is 35.5. The molecule has 1 aromatic rings. The van der Waals surface area contributed by atoms with E-state index in [0.717, 1.165) is 30.8 Å². The van der Waals surface area contributed by atoms with E-state index in [4.69, 9.17) is 28.9 Å². The van der Waals surface area contributed by atoms with Crippen LogP contribution in [-0.2, 0) is 4.79 Å². The van der Waals surface area contributed by atoms with E-state index in [9.17, 15) is 4.79 Å². The molecule has 6 heteroatoms. The van der Waals surface area contributed by atoms with Gasteiger partial charge in [0.1, 0.15) is 0 Å². The number of benzene rings is 1. The molecule has 1 saturated heterocycles. The second-order valence-corrected chi connectivity index (χ2v) is 6.35. The van der Waals surface area contributed by atoms with Gasteiger partial charge in [-0.05, 0) is 43.0 Å². The van der Waals surface area contributed by atoms with Gasteiger partial charge in [0.2, 0.25) is 5.91 Å². The number of nitrogens with zero attached hydrogens (tertiary/aromatic N) is 1. The lowest BCUT2D eigenvalue weighted by atomic mass is 9.98. The Labute approximate surface area is 121 Å². The molecule has 0 aromatic heterocycles. The van der Waals surface area contributed by atoms with Crippen molar-refractivity contribution in [3.05, 3.63) is 28.2 Å². The quantitative estimate of drug-likeness (QED) is 0.872. The van der Waals surface area contributed by atoms with Crippen LogP contribution < -0.4 is 5.73 Å². The molecular formula is C12H14Cl2N2OS. The van der Waals surface area contributed by atoms with E-state index in [2.05, 4.69) is 4.31 Å². The van der Waals surface area contributed by atoms with Gasteiger partial charge in [0.05, 0.1) is 0 Å². The normalized spacial score (nSPS) is 17.9. The summed E-state index contributed by atoms with van der Waals surface area (Å²) in [6, 6.07) is 5.49. The molecule has 98 valence electrons. The highest BCUT2D eigenvalue weighted by molar-refractivity contribution is 7.97. The predicted molar refractivity (Wildman–Crippen MR) is 75.8 cm³/mol. The van der Waals surface area contributed by atoms with Gasteiger partial charge in [-0.25, -0.2) is 4.31 Å². The summed E-state index contributed by atoms with van der Waals surface area (Å²) in [6.45, 7) is 1.70. The number of rotatable bonds is 3. The van der Waals surface area contributed by atoms with Crippen molar-refractivity contribution in [2.45, 2.75) is 17.7 Å². The molecule has 0 spiro atoms. The molecule has 1 aliphatic heterocycles. The average molecular weight is 305 g/mol. The molecule has 1 aromatic carbocycles. The van der Waals surface area contributed by atoms with Crippen LogP contribution in [0.5, 0.6) is 0 Å². The van der Waals surface area contributed by atoms with Crippen molar-refractivity contribution >= 4 is 41.1 Å². The van der Waals surface area contributed by atoms with Gasteiger partial charge in [-0.15, -0.1) is 0 Å². The monoisotopic (exact) mass is 304 g/mol. The molecule has 1 amide bonds. The van der Waals surface area contributed by atoms with Crippen LogP contribution in [0, 0.1) is 5.92 Å². The summed E-state index contributed by atoms with van der Waals surface area (Å²) >= 11 is 13.5. The number of hydrogen-bond acceptors (Lipinski definition) is 3. The first kappa shape index (κ1) is 14.0. The van der Waals surface area contributed by atoms with Crippen LogP contribution in [0.25, 0.3) is 0 Å². The van der Waals surface area contributed by atoms with Crippen LogP contribution in [0.2, 0.25) is 10.0 Å². The summed E-state index contributed by atoms with van der Waals surface area (Å²) in [4.78, 5) is 12.1. The zero-order chi connectivity index (χ0) is 13.1. The second kappa shape index (κ2) is 6.15. The van der Waals surface area contributed by atoms with Crippen molar-refractivity contribution in [1.82, 2.24) is 4.31 Å². The second-order valence-electron chi connectivity index (χ2n) is 4.30. The van der Waals surface area contributed by atoms with Crippen molar-refractivity contribution in [3.63, 3.8) is 0 Å². The fraction of sp³-hybridized carbons (Fsp3) is 0.417. The maximum absolute atomic E-state index is 11.1. The molecule has 2 rings (SSSR count). The molecule has 0 unspecified atom stereocenters. The van der Waals surface area contributed by atoms with E-state index >= 15 is 0 Å². The molecule has 2 N–H and O–H groups in total. The highest BCUT2D eigenvalue weighted by Gasteiger charge is 2.23. The first-order chi connectivity index (χ1) is 8.54. The number of piperidine rings is 1. The minimum Gasteiger partial charge on any atom is -0.369 e. The number of carbonyl (C=O) groups is 1. The van der Waals surface area contributed by atoms with Crippen molar-refractivity contribution in [2.75, 3.05) is 13.1 Å². The molecule has 18 heavy (non-hydrogen) atoms. The highest BCUT2D eigenvalue weighted by Crippen LogP contribution is 2.31. The van der Waals surface area contributed by atoms with Crippen molar-refractivity contribution in [1.29, 1.82) is 0 Å². The van der Waals surface area contributed by atoms with Crippen LogP contribution in [-0.4, -0.2) is 23.3 Å². The Morgan fingerprint density at radius 3 is 2.28 bits per heavy atom. The fourth-order valence-electron chi connectivity index (χ4n) is 1.96. The number of hydrogen-bond donors (Lipinski definition) is 1. The number of amides is 1. The van der Waals surface area contributed by atoms with Gasteiger partial charge < -0.3 is 5.73 Å². The van der Waals surface area contributed by atoms with E-state index in [-0.39, 0.29) is 11.8 Å². The smallest absolute Gasteiger partial charge is 0.220 e. The molecule has 1 aliphatic rings. The van der Waals surface area contributed by atoms with Crippen molar-refractivity contribution in [3.8, 4) is 0 Å². The Kier molecular flexibility index (Phi) is 4.78. The summed E-state index contributed by atoms with van der Waals surface area (Å²) in [5, 5.41) is 1.27. The van der Waals surface area contributed by atoms with Crippen LogP contribution in [0.4, 0.5) is 0 Å². The lowest BCUT2D eigenvalue weighted by Crippen LogP contribution is -2.35. The summed E-state index contributed by atoms with van der Waals surface area (Å²) in [5.41, 5.74) is 5.31. The summed E-state index contributed by atoms with van der Waals surface area (Å²) in [6.07, 6.45) is 1.63. The Morgan fingerprint density at radius 2 is 1.78 bits per heavy atom. The van der Waals surface area contributed by atoms with Gasteiger partial charge >= 0.3 is 0 Å². The van der Waals surface area contributed by atoms with E-state index in [0.29, 0.717) is 10.0 Å². The third-order valence-corrected chi connectivity index (χ3v) is 4.43. The third kappa shape index (κ3) is 3.79. The lowest BCUT2D eigenvalue weighted by molar-refractivity contribution is -0.122. The fourth-order valence-corrected chi connectivity index (χ4v) is 3.67. The third-order valence-electron chi connectivity index (χ3n) is 2.93. The standard InChI is InChI=1S/C12H14Cl2N2OS/c13-9-5-10(14)7-11(6-9)18-16-3-1-8(2-4-16)12(15)17/h5-8H,1-4H2,(H2,15,17). The Morgan fingerprint density at radius 1 is 1.22 bits per heavy atom. The molecular weight excluding hydrogens is 291 g/mol. The maximum atomic E-state index is 11.1. The summed E-state index contributed by atoms with van der Waals surface area (Å²) in [7, 11) is 0. The van der Waals surface area contributed by atoms with Crippen LogP contribution in [0.15, 0.2) is 23.1 Å². The minimum atomic E-state index is -0.189. The summed E-state index contributed by atoms with van der Waals surface area (Å²) in [5.74, 6) is -0.171. The summed E-state index contributed by atoms with van der Waals surface area (Å²) < 4.78 is 2.21. The number of primary amides is 1. The Hall–Kier alpha value is -0.420. The molecule has 0 bridgehead atoms. The van der Waals surface area contributed by atoms with E-state index in [1.54, 1.807) is 18.0 Å². The van der Waals surface area contributed by atoms with Gasteiger partial charge in [-0.1, -0.05) is 23.2 Å². The number of halogens is 2. The van der Waals surface area contributed by atoms with E-state index in [1.807, 2.05) is 12.1 Å². The molecule has 1 heterocycles. The molecule has 0 aliphatic carbocycles. The van der Waals surface area contributed by atoms with Crippen LogP contribution >= 0.6 is 35.1 Å². The van der Waals surface area contributed by atoms with Gasteiger partial charge in [-0.3, -0.25) is 4.79 Å². The maximum Gasteiger partial charge on any atom is 0.220 e. The van der Waals surface area contributed by atoms with Gasteiger partial charge in [0, 0.05) is 33.9 Å². The SMILES string of the molecule is NC(=O)C1CCN(Sc2cc(Cl)cc(Cl)c2)CC1. The average Bonchev–Trinajstić information content (AvgIpc) is 2.28. The lowest BCUT2D eigenvalue weighted by Gasteiger charge is -2.29. The van der Waals surface area contributed by atoms with Gasteiger partial charge in [0.25, 0.3) is 0 Å². The molecule has 0 radical (unpaired) electrons. The molecule has 0 saturated carbocycles. The predicted octanol–water partition coefficient (Wildman–Crippen LogP) is 3.20. The zero-order valence-electron chi connectivity index (χ0n) is 9.73. The number of carbonyl (C=O) groups excluding carboxylic acids is 1. The van der Waals surface area contributed by atoms with E-state index < -0.39 is 0 Å². The Bertz CT molecular complexity index is 427. The molecule has 0 atom stereocenters. The zero-order valence-corrected chi connectivity index (χ0v) is 12.1. The minimum absolute atomic E-state index is 0.0183.